The summed E-state index contributed by atoms with van der Waals surface area (Å²) in [5, 5.41) is 1.17. The Kier molecular flexibility index (Phi) is 8.28. The van der Waals surface area contributed by atoms with E-state index in [2.05, 4.69) is 38.7 Å². The molecular weight excluding hydrogens is 500 g/mol. The molecule has 2 aliphatic rings. The normalized spacial score (nSPS) is 17.8. The van der Waals surface area contributed by atoms with Gasteiger partial charge in [-0.15, -0.1) is 0 Å². The fourth-order valence-electron chi connectivity index (χ4n) is 5.96. The highest BCUT2D eigenvalue weighted by Crippen LogP contribution is 2.33. The van der Waals surface area contributed by atoms with E-state index in [1.807, 2.05) is 53.6 Å². The van der Waals surface area contributed by atoms with Gasteiger partial charge in [0.25, 0.3) is 0 Å². The molecule has 2 aromatic carbocycles. The first-order valence-corrected chi connectivity index (χ1v) is 14.6. The largest absolute Gasteiger partial charge is 0.490 e. The number of rotatable bonds is 3. The van der Waals surface area contributed by atoms with Crippen LogP contribution in [0.5, 0.6) is 17.4 Å². The van der Waals surface area contributed by atoms with E-state index in [-0.39, 0.29) is 5.91 Å². The molecule has 1 fully saturated rings. The maximum absolute atomic E-state index is 13.2. The zero-order chi connectivity index (χ0) is 27.1. The fraction of sp³-hybridized carbons (Fsp3) is 0.394. The van der Waals surface area contributed by atoms with Crippen LogP contribution in [0.15, 0.2) is 79.1 Å². The van der Waals surface area contributed by atoms with Gasteiger partial charge in [0.1, 0.15) is 6.54 Å². The molecule has 0 aliphatic carbocycles. The van der Waals surface area contributed by atoms with E-state index < -0.39 is 0 Å². The van der Waals surface area contributed by atoms with Gasteiger partial charge in [-0.3, -0.25) is 9.69 Å². The molecule has 6 rings (SSSR count). The number of hydrogen-bond acceptors (Lipinski definition) is 5. The summed E-state index contributed by atoms with van der Waals surface area (Å²) in [6.45, 7) is 4.47. The number of amides is 1. The van der Waals surface area contributed by atoms with Crippen LogP contribution in [0, 0.1) is 0 Å². The third-order valence-electron chi connectivity index (χ3n) is 8.20. The van der Waals surface area contributed by atoms with Gasteiger partial charge in [-0.25, -0.2) is 4.98 Å². The zero-order valence-electron chi connectivity index (χ0n) is 23.1. The van der Waals surface area contributed by atoms with Gasteiger partial charge in [0.15, 0.2) is 11.5 Å². The van der Waals surface area contributed by atoms with Crippen molar-refractivity contribution in [3.05, 3.63) is 84.7 Å². The second-order valence-corrected chi connectivity index (χ2v) is 10.9. The molecular formula is C33H38N4O3. The van der Waals surface area contributed by atoms with Crippen molar-refractivity contribution in [2.24, 2.45) is 0 Å². The number of benzene rings is 2. The average Bonchev–Trinajstić information content (AvgIpc) is 3.40. The number of fused-ring (bicyclic) bond motifs is 3. The molecule has 4 heterocycles. The molecule has 0 radical (unpaired) electrons. The Morgan fingerprint density at radius 3 is 2.55 bits per heavy atom. The topological polar surface area (TPSA) is 59.8 Å². The van der Waals surface area contributed by atoms with Gasteiger partial charge in [-0.2, -0.15) is 0 Å². The number of para-hydroxylation sites is 3. The van der Waals surface area contributed by atoms with Crippen molar-refractivity contribution in [1.82, 2.24) is 19.4 Å². The smallest absolute Gasteiger partial charge is 0.242 e. The predicted octanol–water partition coefficient (Wildman–Crippen LogP) is 6.27. The minimum absolute atomic E-state index is 0.199. The summed E-state index contributed by atoms with van der Waals surface area (Å²) in [6.07, 6.45) is 10.3. The van der Waals surface area contributed by atoms with Crippen LogP contribution in [0.2, 0.25) is 0 Å². The van der Waals surface area contributed by atoms with Crippen molar-refractivity contribution in [2.75, 3.05) is 26.2 Å². The SMILES string of the molecule is O=C(Cn1ccc2ccccc21)N1CCC(N2CCCCCCOc3ccccc3Oc3ncccc3C2)CC1. The number of piperidine rings is 1. The second-order valence-electron chi connectivity index (χ2n) is 10.9. The van der Waals surface area contributed by atoms with Gasteiger partial charge in [0.2, 0.25) is 11.8 Å². The van der Waals surface area contributed by atoms with Crippen LogP contribution in [0.4, 0.5) is 0 Å². The highest BCUT2D eigenvalue weighted by molar-refractivity contribution is 5.83. The first-order chi connectivity index (χ1) is 19.7. The lowest BCUT2D eigenvalue weighted by Gasteiger charge is -2.39. The van der Waals surface area contributed by atoms with Crippen LogP contribution < -0.4 is 9.47 Å². The van der Waals surface area contributed by atoms with Crippen LogP contribution in [-0.2, 0) is 17.9 Å². The Hall–Kier alpha value is -3.84. The average molecular weight is 539 g/mol. The number of likely N-dealkylation sites (tertiary alicyclic amines) is 1. The fourth-order valence-corrected chi connectivity index (χ4v) is 5.96. The number of hydrogen-bond donors (Lipinski definition) is 0. The summed E-state index contributed by atoms with van der Waals surface area (Å²) >= 11 is 0. The number of ether oxygens (including phenoxy) is 2. The number of carbonyl (C=O) groups excluding carboxylic acids is 1. The Bertz CT molecular complexity index is 1430. The Morgan fingerprint density at radius 1 is 0.850 bits per heavy atom. The standard InChI is InChI=1S/C33H38N4O3/c38-32(25-37-20-15-26-10-3-4-12-29(26)37)35-21-16-28(17-22-35)36-19-7-1-2-8-23-39-30-13-5-6-14-31(30)40-33-27(24-36)11-9-18-34-33/h3-6,9-15,18,20,28H,1-2,7-8,16-17,19,21-25H2. The summed E-state index contributed by atoms with van der Waals surface area (Å²) in [6, 6.07) is 22.7. The minimum Gasteiger partial charge on any atom is -0.490 e. The molecule has 0 saturated carbocycles. The van der Waals surface area contributed by atoms with Crippen molar-refractivity contribution in [1.29, 1.82) is 0 Å². The Balaban J connectivity index is 1.14. The van der Waals surface area contributed by atoms with Crippen molar-refractivity contribution < 1.29 is 14.3 Å². The van der Waals surface area contributed by atoms with Gasteiger partial charge >= 0.3 is 0 Å². The lowest BCUT2D eigenvalue weighted by Crippen LogP contribution is -2.47. The van der Waals surface area contributed by atoms with Gasteiger partial charge in [0.05, 0.1) is 6.61 Å². The molecule has 0 N–H and O–H groups in total. The maximum atomic E-state index is 13.2. The summed E-state index contributed by atoms with van der Waals surface area (Å²) in [7, 11) is 0. The second kappa shape index (κ2) is 12.6. The van der Waals surface area contributed by atoms with Crippen LogP contribution >= 0.6 is 0 Å². The maximum Gasteiger partial charge on any atom is 0.242 e. The van der Waals surface area contributed by atoms with E-state index >= 15 is 0 Å². The predicted molar refractivity (Wildman–Crippen MR) is 157 cm³/mol. The van der Waals surface area contributed by atoms with Crippen LogP contribution in [0.3, 0.4) is 0 Å². The van der Waals surface area contributed by atoms with Crippen molar-refractivity contribution >= 4 is 16.8 Å². The first kappa shape index (κ1) is 26.4. The van der Waals surface area contributed by atoms with E-state index in [0.29, 0.717) is 30.8 Å². The molecule has 2 aromatic heterocycles. The summed E-state index contributed by atoms with van der Waals surface area (Å²) in [5.41, 5.74) is 2.19. The monoisotopic (exact) mass is 538 g/mol. The molecule has 7 nitrogen and oxygen atoms in total. The van der Waals surface area contributed by atoms with Crippen molar-refractivity contribution in [3.63, 3.8) is 0 Å². The van der Waals surface area contributed by atoms with E-state index in [0.717, 1.165) is 75.1 Å². The van der Waals surface area contributed by atoms with Crippen molar-refractivity contribution in [3.8, 4) is 17.4 Å². The Labute approximate surface area is 236 Å². The molecule has 2 aliphatic heterocycles. The molecule has 1 amide bonds. The quantitative estimate of drug-likeness (QED) is 0.308. The van der Waals surface area contributed by atoms with E-state index in [9.17, 15) is 4.79 Å². The van der Waals surface area contributed by atoms with Gasteiger partial charge in [-0.1, -0.05) is 49.2 Å². The highest BCUT2D eigenvalue weighted by atomic mass is 16.5. The number of aromatic nitrogens is 2. The molecule has 1 saturated heterocycles. The van der Waals surface area contributed by atoms with E-state index in [4.69, 9.17) is 9.47 Å². The third-order valence-corrected chi connectivity index (χ3v) is 8.20. The lowest BCUT2D eigenvalue weighted by atomic mass is 10.0. The molecule has 40 heavy (non-hydrogen) atoms. The lowest BCUT2D eigenvalue weighted by molar-refractivity contribution is -0.133. The molecule has 0 spiro atoms. The molecule has 208 valence electrons. The Morgan fingerprint density at radius 2 is 1.65 bits per heavy atom. The molecule has 0 atom stereocenters. The molecule has 0 bridgehead atoms. The number of carbonyl (C=O) groups is 1. The molecule has 7 heteroatoms. The van der Waals surface area contributed by atoms with Gasteiger partial charge < -0.3 is 18.9 Å². The summed E-state index contributed by atoms with van der Waals surface area (Å²) in [4.78, 5) is 22.5. The molecule has 4 aromatic rings. The summed E-state index contributed by atoms with van der Waals surface area (Å²) in [5.74, 6) is 2.29. The minimum atomic E-state index is 0.199. The van der Waals surface area contributed by atoms with Gasteiger partial charge in [-0.05, 0) is 67.9 Å². The zero-order valence-corrected chi connectivity index (χ0v) is 23.1. The number of nitrogens with zero attached hydrogens (tertiary/aromatic N) is 4. The van der Waals surface area contributed by atoms with Crippen LogP contribution in [0.25, 0.3) is 10.9 Å². The first-order valence-electron chi connectivity index (χ1n) is 14.6. The number of pyridine rings is 1. The van der Waals surface area contributed by atoms with Crippen molar-refractivity contribution in [2.45, 2.75) is 57.7 Å². The highest BCUT2D eigenvalue weighted by Gasteiger charge is 2.28. The van der Waals surface area contributed by atoms with E-state index in [1.54, 1.807) is 6.20 Å². The molecule has 0 unspecified atom stereocenters. The van der Waals surface area contributed by atoms with Gasteiger partial charge in [0, 0.05) is 49.1 Å². The van der Waals surface area contributed by atoms with Crippen LogP contribution in [0.1, 0.15) is 44.1 Å². The summed E-state index contributed by atoms with van der Waals surface area (Å²) < 4.78 is 14.5. The van der Waals surface area contributed by atoms with E-state index in [1.165, 1.54) is 11.8 Å². The third kappa shape index (κ3) is 6.15. The van der Waals surface area contributed by atoms with Crippen LogP contribution in [-0.4, -0.2) is 57.5 Å².